The Balaban J connectivity index is 1.57. The number of aliphatic imine (C=N–C) groups is 1. The van der Waals surface area contributed by atoms with Crippen LogP contribution in [-0.4, -0.2) is 26.6 Å². The van der Waals surface area contributed by atoms with Crippen LogP contribution in [0.2, 0.25) is 19.6 Å². The Morgan fingerprint density at radius 2 is 1.64 bits per heavy atom. The number of hydrogen-bond donors (Lipinski definition) is 0. The Morgan fingerprint density at radius 1 is 0.964 bits per heavy atom. The van der Waals surface area contributed by atoms with Crippen molar-refractivity contribution in [3.63, 3.8) is 0 Å². The van der Waals surface area contributed by atoms with E-state index in [1.165, 1.54) is 20.6 Å². The molecule has 0 aromatic heterocycles. The second kappa shape index (κ2) is 8.14. The zero-order chi connectivity index (χ0) is 19.6. The van der Waals surface area contributed by atoms with Crippen LogP contribution in [0.15, 0.2) is 92.8 Å². The fourth-order valence-corrected chi connectivity index (χ4v) is 6.64. The molecule has 2 aromatic carbocycles. The molecule has 0 fully saturated rings. The summed E-state index contributed by atoms with van der Waals surface area (Å²) >= 11 is 1.84. The Hall–Kier alpha value is -2.04. The molecule has 0 amide bonds. The summed E-state index contributed by atoms with van der Waals surface area (Å²) in [5.74, 6) is 1.11. The van der Waals surface area contributed by atoms with Crippen LogP contribution < -0.4 is 0 Å². The van der Waals surface area contributed by atoms with E-state index in [1.807, 2.05) is 11.8 Å². The first-order valence-electron chi connectivity index (χ1n) is 9.90. The van der Waals surface area contributed by atoms with E-state index >= 15 is 0 Å². The predicted octanol–water partition coefficient (Wildman–Crippen LogP) is 6.14. The van der Waals surface area contributed by atoms with E-state index in [2.05, 4.69) is 92.5 Å². The van der Waals surface area contributed by atoms with Gasteiger partial charge in [0.05, 0.1) is 20.0 Å². The van der Waals surface area contributed by atoms with E-state index in [-0.39, 0.29) is 12.0 Å². The summed E-state index contributed by atoms with van der Waals surface area (Å²) in [4.78, 5) is 7.65. The van der Waals surface area contributed by atoms with E-state index in [0.717, 1.165) is 12.3 Å². The van der Waals surface area contributed by atoms with Gasteiger partial charge in [0.15, 0.2) is 5.90 Å². The fraction of sp³-hybridized carbons (Fsp3) is 0.292. The molecule has 1 aliphatic carbocycles. The maximum absolute atomic E-state index is 6.19. The van der Waals surface area contributed by atoms with Crippen molar-refractivity contribution in [2.45, 2.75) is 37.0 Å². The van der Waals surface area contributed by atoms with Gasteiger partial charge in [0, 0.05) is 9.80 Å². The highest BCUT2D eigenvalue weighted by atomic mass is 32.2. The molecule has 2 atom stereocenters. The van der Waals surface area contributed by atoms with Crippen molar-refractivity contribution >= 4 is 25.7 Å². The first kappa shape index (κ1) is 19.3. The minimum atomic E-state index is -1.48. The van der Waals surface area contributed by atoms with Gasteiger partial charge in [0.25, 0.3) is 0 Å². The molecule has 1 unspecified atom stereocenters. The molecule has 2 nitrogen and oxygen atoms in total. The highest BCUT2D eigenvalue weighted by Gasteiger charge is 2.39. The standard InChI is InChI=1S/C24H27NOSSi/c1-28(2,3)22-15-14-21(27-20-12-8-5-9-13-20)23(22)24-25-19(17-26-24)16-18-10-6-4-7-11-18/h4-15,19,23H,16-17H2,1-3H3/t19-,23?/m0/s1. The number of nitrogens with zero attached hydrogens (tertiary/aromatic N) is 1. The van der Waals surface area contributed by atoms with Gasteiger partial charge in [-0.05, 0) is 24.1 Å². The molecule has 0 radical (unpaired) electrons. The lowest BCUT2D eigenvalue weighted by atomic mass is 10.1. The van der Waals surface area contributed by atoms with Gasteiger partial charge in [-0.2, -0.15) is 0 Å². The van der Waals surface area contributed by atoms with Crippen LogP contribution in [0.3, 0.4) is 0 Å². The zero-order valence-corrected chi connectivity index (χ0v) is 18.6. The summed E-state index contributed by atoms with van der Waals surface area (Å²) < 4.78 is 6.19. The maximum Gasteiger partial charge on any atom is 0.195 e. The van der Waals surface area contributed by atoms with Crippen molar-refractivity contribution in [3.05, 3.63) is 88.5 Å². The van der Waals surface area contributed by atoms with Crippen LogP contribution in [0.1, 0.15) is 5.56 Å². The summed E-state index contributed by atoms with van der Waals surface area (Å²) in [5.41, 5.74) is 1.32. The summed E-state index contributed by atoms with van der Waals surface area (Å²) in [6.07, 6.45) is 5.55. The predicted molar refractivity (Wildman–Crippen MR) is 123 cm³/mol. The number of rotatable bonds is 6. The van der Waals surface area contributed by atoms with Gasteiger partial charge in [0.2, 0.25) is 0 Å². The first-order chi connectivity index (χ1) is 13.5. The van der Waals surface area contributed by atoms with E-state index in [9.17, 15) is 0 Å². The van der Waals surface area contributed by atoms with Gasteiger partial charge < -0.3 is 4.74 Å². The molecule has 0 bridgehead atoms. The fourth-order valence-electron chi connectivity index (χ4n) is 3.76. The van der Waals surface area contributed by atoms with Crippen molar-refractivity contribution in [3.8, 4) is 0 Å². The van der Waals surface area contributed by atoms with Crippen molar-refractivity contribution in [2.75, 3.05) is 6.61 Å². The average Bonchev–Trinajstić information content (AvgIpc) is 3.30. The molecule has 0 saturated heterocycles. The van der Waals surface area contributed by atoms with Crippen LogP contribution in [-0.2, 0) is 11.2 Å². The highest BCUT2D eigenvalue weighted by Crippen LogP contribution is 2.44. The van der Waals surface area contributed by atoms with Crippen LogP contribution in [0.4, 0.5) is 0 Å². The topological polar surface area (TPSA) is 21.6 Å². The molecule has 0 N–H and O–H groups in total. The highest BCUT2D eigenvalue weighted by molar-refractivity contribution is 8.03. The largest absolute Gasteiger partial charge is 0.478 e. The lowest BCUT2D eigenvalue weighted by Gasteiger charge is -2.27. The minimum absolute atomic E-state index is 0.192. The molecule has 144 valence electrons. The molecule has 1 heterocycles. The van der Waals surface area contributed by atoms with Gasteiger partial charge >= 0.3 is 0 Å². The molecule has 28 heavy (non-hydrogen) atoms. The Bertz CT molecular complexity index is 913. The molecule has 0 spiro atoms. The summed E-state index contributed by atoms with van der Waals surface area (Å²) in [6.45, 7) is 7.91. The van der Waals surface area contributed by atoms with Crippen LogP contribution in [0.25, 0.3) is 0 Å². The van der Waals surface area contributed by atoms with E-state index in [1.54, 1.807) is 0 Å². The van der Waals surface area contributed by atoms with Gasteiger partial charge in [-0.3, -0.25) is 0 Å². The Morgan fingerprint density at radius 3 is 2.32 bits per heavy atom. The zero-order valence-electron chi connectivity index (χ0n) is 16.8. The third kappa shape index (κ3) is 4.34. The van der Waals surface area contributed by atoms with Gasteiger partial charge in [-0.15, -0.1) is 0 Å². The summed E-state index contributed by atoms with van der Waals surface area (Å²) in [5, 5.41) is 1.52. The van der Waals surface area contributed by atoms with E-state index in [0.29, 0.717) is 6.61 Å². The third-order valence-corrected chi connectivity index (χ3v) is 8.46. The molecule has 2 aromatic rings. The van der Waals surface area contributed by atoms with Gasteiger partial charge in [-0.1, -0.05) is 97.3 Å². The molecule has 1 aliphatic heterocycles. The molecular weight excluding hydrogens is 378 g/mol. The molecular formula is C24H27NOSSi. The molecule has 4 rings (SSSR count). The number of allylic oxidation sites excluding steroid dienone is 2. The van der Waals surface area contributed by atoms with Crippen molar-refractivity contribution < 1.29 is 4.74 Å². The third-order valence-electron chi connectivity index (χ3n) is 5.16. The van der Waals surface area contributed by atoms with Gasteiger partial charge in [-0.25, -0.2) is 4.99 Å². The minimum Gasteiger partial charge on any atom is -0.478 e. The van der Waals surface area contributed by atoms with Crippen LogP contribution in [0.5, 0.6) is 0 Å². The SMILES string of the molecule is C[Si](C)(C)C1=CC=C(Sc2ccccc2)C1C1=N[C@@H](Cc2ccccc2)CO1. The Kier molecular flexibility index (Phi) is 5.60. The second-order valence-corrected chi connectivity index (χ2v) is 14.6. The number of hydrogen-bond acceptors (Lipinski definition) is 3. The monoisotopic (exact) mass is 405 g/mol. The maximum atomic E-state index is 6.19. The number of benzene rings is 2. The van der Waals surface area contributed by atoms with E-state index < -0.39 is 8.07 Å². The number of thioether (sulfide) groups is 1. The van der Waals surface area contributed by atoms with Crippen LogP contribution >= 0.6 is 11.8 Å². The van der Waals surface area contributed by atoms with E-state index in [4.69, 9.17) is 9.73 Å². The quantitative estimate of drug-likeness (QED) is 0.539. The van der Waals surface area contributed by atoms with Gasteiger partial charge in [0.1, 0.15) is 6.61 Å². The Labute approximate surface area is 173 Å². The molecule has 0 saturated carbocycles. The summed E-state index contributed by atoms with van der Waals surface area (Å²) in [7, 11) is -1.48. The number of ether oxygens (including phenoxy) is 1. The smallest absolute Gasteiger partial charge is 0.195 e. The molecule has 2 aliphatic rings. The lowest BCUT2D eigenvalue weighted by Crippen LogP contribution is -2.32. The van der Waals surface area contributed by atoms with Crippen molar-refractivity contribution in [1.82, 2.24) is 0 Å². The lowest BCUT2D eigenvalue weighted by molar-refractivity contribution is 0.306. The van der Waals surface area contributed by atoms with Crippen molar-refractivity contribution in [2.24, 2.45) is 10.9 Å². The average molecular weight is 406 g/mol. The second-order valence-electron chi connectivity index (χ2n) is 8.41. The summed E-state index contributed by atoms with van der Waals surface area (Å²) in [6, 6.07) is 21.4. The van der Waals surface area contributed by atoms with Crippen LogP contribution in [0, 0.1) is 5.92 Å². The molecule has 4 heteroatoms. The van der Waals surface area contributed by atoms with Crippen molar-refractivity contribution in [1.29, 1.82) is 0 Å². The first-order valence-corrected chi connectivity index (χ1v) is 14.2. The normalized spacial score (nSPS) is 21.8.